The Morgan fingerprint density at radius 2 is 2.00 bits per heavy atom. The first-order valence-electron chi connectivity index (χ1n) is 11.5. The molecular weight excluding hydrogens is 642 g/mol. The number of aryl methyl sites for hydroxylation is 1. The van der Waals surface area contributed by atoms with E-state index in [1.807, 2.05) is 13.0 Å². The minimum Gasteiger partial charge on any atom is -0.493 e. The van der Waals surface area contributed by atoms with E-state index in [4.69, 9.17) is 21.1 Å². The van der Waals surface area contributed by atoms with Crippen molar-refractivity contribution in [3.05, 3.63) is 95.4 Å². The number of fused-ring (bicyclic) bond motifs is 1. The van der Waals surface area contributed by atoms with Gasteiger partial charge in [-0.25, -0.2) is 9.78 Å². The molecule has 196 valence electrons. The molecule has 4 aromatic rings. The van der Waals surface area contributed by atoms with E-state index in [9.17, 15) is 14.7 Å². The summed E-state index contributed by atoms with van der Waals surface area (Å²) >= 11 is 13.5. The molecule has 3 aromatic carbocycles. The van der Waals surface area contributed by atoms with E-state index in [-0.39, 0.29) is 28.5 Å². The Morgan fingerprint density at radius 1 is 1.21 bits per heavy atom. The number of benzene rings is 3. The van der Waals surface area contributed by atoms with Crippen molar-refractivity contribution < 1.29 is 19.4 Å². The number of rotatable bonds is 9. The van der Waals surface area contributed by atoms with Gasteiger partial charge >= 0.3 is 5.97 Å². The number of carboxylic acid groups (broad SMARTS) is 1. The van der Waals surface area contributed by atoms with Crippen LogP contribution in [0.5, 0.6) is 11.5 Å². The molecule has 0 aliphatic rings. The number of hydrogen-bond acceptors (Lipinski definition) is 6. The van der Waals surface area contributed by atoms with Crippen molar-refractivity contribution in [2.45, 2.75) is 26.4 Å². The number of hydrogen-bond donors (Lipinski definition) is 1. The second-order valence-electron chi connectivity index (χ2n) is 8.22. The third kappa shape index (κ3) is 5.92. The summed E-state index contributed by atoms with van der Waals surface area (Å²) in [6.45, 7) is 2.08. The van der Waals surface area contributed by atoms with Crippen LogP contribution in [0.3, 0.4) is 0 Å². The van der Waals surface area contributed by atoms with Gasteiger partial charge in [-0.05, 0) is 64.3 Å². The van der Waals surface area contributed by atoms with E-state index in [1.54, 1.807) is 30.3 Å². The Balaban J connectivity index is 1.70. The van der Waals surface area contributed by atoms with Gasteiger partial charge in [0.2, 0.25) is 0 Å². The molecule has 0 fully saturated rings. The molecule has 0 aliphatic carbocycles. The fourth-order valence-corrected chi connectivity index (χ4v) is 4.77. The van der Waals surface area contributed by atoms with Crippen molar-refractivity contribution in [2.75, 3.05) is 7.11 Å². The maximum absolute atomic E-state index is 13.3. The molecule has 0 atom stereocenters. The molecule has 0 unspecified atom stereocenters. The van der Waals surface area contributed by atoms with Crippen molar-refractivity contribution >= 4 is 66.5 Å². The fourth-order valence-electron chi connectivity index (χ4n) is 3.75. The van der Waals surface area contributed by atoms with Gasteiger partial charge in [-0.2, -0.15) is 9.78 Å². The topological polar surface area (TPSA) is 103 Å². The van der Waals surface area contributed by atoms with Crippen LogP contribution in [0.2, 0.25) is 5.02 Å². The van der Waals surface area contributed by atoms with Crippen LogP contribution in [0, 0.1) is 0 Å². The van der Waals surface area contributed by atoms with Crippen molar-refractivity contribution in [1.29, 1.82) is 0 Å². The number of ether oxygens (including phenoxy) is 2. The first kappa shape index (κ1) is 27.8. The number of methoxy groups -OCH3 is 1. The second kappa shape index (κ2) is 12.1. The van der Waals surface area contributed by atoms with Gasteiger partial charge in [0.1, 0.15) is 17.5 Å². The lowest BCUT2D eigenvalue weighted by Gasteiger charge is -2.15. The van der Waals surface area contributed by atoms with Gasteiger partial charge in [-0.3, -0.25) is 4.79 Å². The molecule has 11 heteroatoms. The van der Waals surface area contributed by atoms with Crippen molar-refractivity contribution in [2.24, 2.45) is 5.10 Å². The molecule has 1 heterocycles. The number of nitrogens with zero attached hydrogens (tertiary/aromatic N) is 3. The lowest BCUT2D eigenvalue weighted by Crippen LogP contribution is -2.22. The minimum atomic E-state index is -1.02. The first-order chi connectivity index (χ1) is 18.2. The van der Waals surface area contributed by atoms with Gasteiger partial charge in [-0.1, -0.05) is 46.6 Å². The molecule has 1 N–H and O–H groups in total. The zero-order chi connectivity index (χ0) is 27.4. The Kier molecular flexibility index (Phi) is 8.86. The van der Waals surface area contributed by atoms with Crippen LogP contribution in [0.15, 0.2) is 67.4 Å². The summed E-state index contributed by atoms with van der Waals surface area (Å²) in [7, 11) is 1.48. The average molecular weight is 664 g/mol. The Bertz CT molecular complexity index is 1620. The molecule has 0 saturated carbocycles. The number of carboxylic acids is 1. The first-order valence-corrected chi connectivity index (χ1v) is 13.5. The van der Waals surface area contributed by atoms with Crippen LogP contribution in [-0.2, 0) is 13.0 Å². The molecule has 0 spiro atoms. The van der Waals surface area contributed by atoms with Crippen LogP contribution in [0.1, 0.15) is 40.7 Å². The summed E-state index contributed by atoms with van der Waals surface area (Å²) in [5.74, 6) is 0.140. The Labute approximate surface area is 240 Å². The highest BCUT2D eigenvalue weighted by Crippen LogP contribution is 2.42. The van der Waals surface area contributed by atoms with Crippen molar-refractivity contribution in [3.8, 4) is 11.5 Å². The van der Waals surface area contributed by atoms with Gasteiger partial charge in [0, 0.05) is 20.9 Å². The molecule has 0 aliphatic heterocycles. The van der Waals surface area contributed by atoms with Crippen molar-refractivity contribution in [1.82, 2.24) is 9.66 Å². The van der Waals surface area contributed by atoms with E-state index in [0.29, 0.717) is 44.5 Å². The van der Waals surface area contributed by atoms with E-state index >= 15 is 0 Å². The molecule has 0 bridgehead atoms. The Hall–Kier alpha value is -3.21. The van der Waals surface area contributed by atoms with Gasteiger partial charge in [0.15, 0.2) is 11.5 Å². The third-order valence-corrected chi connectivity index (χ3v) is 7.53. The van der Waals surface area contributed by atoms with E-state index in [1.165, 1.54) is 30.1 Å². The lowest BCUT2D eigenvalue weighted by atomic mass is 10.1. The number of carbonyl (C=O) groups is 1. The average Bonchev–Trinajstić information content (AvgIpc) is 2.90. The van der Waals surface area contributed by atoms with Gasteiger partial charge in [-0.15, -0.1) is 0 Å². The maximum Gasteiger partial charge on any atom is 0.335 e. The predicted octanol–water partition coefficient (Wildman–Crippen LogP) is 6.70. The van der Waals surface area contributed by atoms with Crippen LogP contribution in [-0.4, -0.2) is 34.1 Å². The summed E-state index contributed by atoms with van der Waals surface area (Å²) in [5, 5.41) is 14.4. The number of halogens is 3. The predicted molar refractivity (Wildman–Crippen MR) is 154 cm³/mol. The normalized spacial score (nSPS) is 11.3. The maximum atomic E-state index is 13.3. The summed E-state index contributed by atoms with van der Waals surface area (Å²) < 4.78 is 14.0. The highest BCUT2D eigenvalue weighted by Gasteiger charge is 2.18. The molecule has 38 heavy (non-hydrogen) atoms. The van der Waals surface area contributed by atoms with E-state index in [0.717, 1.165) is 10.9 Å². The number of aromatic nitrogens is 2. The third-order valence-electron chi connectivity index (χ3n) is 5.59. The molecule has 0 radical (unpaired) electrons. The van der Waals surface area contributed by atoms with Gasteiger partial charge < -0.3 is 14.6 Å². The SMILES string of the molecule is CCCc1nc2ccc(Br)cc2c(=O)n1N=Cc1cc(OC)c(OCc2cccc(C(=O)O)c2)c(Cl)c1Br. The highest BCUT2D eigenvalue weighted by atomic mass is 79.9. The van der Waals surface area contributed by atoms with Crippen LogP contribution < -0.4 is 15.0 Å². The molecule has 4 rings (SSSR count). The second-order valence-corrected chi connectivity index (χ2v) is 10.3. The van der Waals surface area contributed by atoms with Gasteiger partial charge in [0.05, 0.1) is 29.8 Å². The molecule has 1 aromatic heterocycles. The van der Waals surface area contributed by atoms with Gasteiger partial charge in [0.25, 0.3) is 5.56 Å². The van der Waals surface area contributed by atoms with Crippen LogP contribution in [0.25, 0.3) is 10.9 Å². The molecule has 0 amide bonds. The zero-order valence-corrected chi connectivity index (χ0v) is 24.3. The fraction of sp³-hybridized carbons (Fsp3) is 0.185. The number of aromatic carboxylic acids is 1. The molecule has 8 nitrogen and oxygen atoms in total. The standard InChI is InChI=1S/C27H22Br2ClN3O5/c1-3-5-22-32-20-9-8-18(28)12-19(20)26(34)33(22)31-13-17-11-21(37-2)25(24(30)23(17)29)38-14-15-6-4-7-16(10-15)27(35)36/h4,6-13H,3,5,14H2,1-2H3,(H,35,36). The summed E-state index contributed by atoms with van der Waals surface area (Å²) in [4.78, 5) is 29.2. The lowest BCUT2D eigenvalue weighted by molar-refractivity contribution is 0.0696. The summed E-state index contributed by atoms with van der Waals surface area (Å²) in [6, 6.07) is 13.5. The van der Waals surface area contributed by atoms with Crippen LogP contribution in [0.4, 0.5) is 0 Å². The quantitative estimate of drug-likeness (QED) is 0.200. The highest BCUT2D eigenvalue weighted by molar-refractivity contribution is 9.10. The Morgan fingerprint density at radius 3 is 2.71 bits per heavy atom. The van der Waals surface area contributed by atoms with Crippen LogP contribution >= 0.6 is 43.5 Å². The molecular formula is C27H22Br2ClN3O5. The van der Waals surface area contributed by atoms with E-state index < -0.39 is 5.97 Å². The summed E-state index contributed by atoms with van der Waals surface area (Å²) in [6.07, 6.45) is 2.86. The minimum absolute atomic E-state index is 0.0746. The monoisotopic (exact) mass is 661 g/mol. The molecule has 0 saturated heterocycles. The smallest absolute Gasteiger partial charge is 0.335 e. The zero-order valence-electron chi connectivity index (χ0n) is 20.4. The largest absolute Gasteiger partial charge is 0.493 e. The van der Waals surface area contributed by atoms with E-state index in [2.05, 4.69) is 41.9 Å². The van der Waals surface area contributed by atoms with Crippen molar-refractivity contribution in [3.63, 3.8) is 0 Å². The summed E-state index contributed by atoms with van der Waals surface area (Å²) in [5.41, 5.74) is 1.69.